The number of phosphoric acid groups is 1. The number of ether oxygens (including phenoxy) is 2. The van der Waals surface area contributed by atoms with E-state index in [1.807, 2.05) is 0 Å². The van der Waals surface area contributed by atoms with Gasteiger partial charge >= 0.3 is 7.82 Å². The molecule has 2 aromatic heterocycles. The third-order valence-electron chi connectivity index (χ3n) is 5.52. The van der Waals surface area contributed by atoms with Crippen molar-refractivity contribution < 1.29 is 53.9 Å². The highest BCUT2D eigenvalue weighted by atomic mass is 31.2. The Balaban J connectivity index is 1.84. The van der Waals surface area contributed by atoms with Crippen molar-refractivity contribution in [3.05, 3.63) is 12.7 Å². The topological polar surface area (TPSA) is 256 Å². The highest BCUT2D eigenvalue weighted by Crippen LogP contribution is 2.45. The summed E-state index contributed by atoms with van der Waals surface area (Å²) in [4.78, 5) is 29.9. The van der Waals surface area contributed by atoms with Crippen LogP contribution >= 0.6 is 7.82 Å². The first-order valence-corrected chi connectivity index (χ1v) is 10.8. The molecule has 0 aromatic carbocycles. The zero-order valence-electron chi connectivity index (χ0n) is 16.2. The van der Waals surface area contributed by atoms with E-state index < -0.39 is 69.5 Å². The van der Waals surface area contributed by atoms with Crippen molar-refractivity contribution in [2.45, 2.75) is 48.5 Å². The molecule has 17 heteroatoms. The number of anilines is 1. The molecule has 0 spiro atoms. The van der Waals surface area contributed by atoms with Gasteiger partial charge in [-0.25, -0.2) is 19.5 Å². The fraction of sp³-hybridized carbons (Fsp3) is 0.667. The second-order valence-corrected chi connectivity index (χ2v) is 8.72. The molecule has 178 valence electrons. The third kappa shape index (κ3) is 3.68. The highest BCUT2D eigenvalue weighted by Gasteiger charge is 2.64. The van der Waals surface area contributed by atoms with Gasteiger partial charge in [0.15, 0.2) is 11.5 Å². The van der Waals surface area contributed by atoms with Crippen LogP contribution in [-0.4, -0.2) is 111 Å². The fourth-order valence-electron chi connectivity index (χ4n) is 3.98. The van der Waals surface area contributed by atoms with Crippen molar-refractivity contribution in [2.24, 2.45) is 0 Å². The first-order valence-electron chi connectivity index (χ1n) is 9.31. The molecule has 16 nitrogen and oxygen atoms in total. The molecule has 4 heterocycles. The molecule has 0 amide bonds. The van der Waals surface area contributed by atoms with Crippen molar-refractivity contribution in [3.63, 3.8) is 0 Å². The second kappa shape index (κ2) is 8.19. The van der Waals surface area contributed by atoms with E-state index in [2.05, 4.69) is 19.5 Å². The van der Waals surface area contributed by atoms with Gasteiger partial charge in [0.2, 0.25) is 5.72 Å². The summed E-state index contributed by atoms with van der Waals surface area (Å²) < 4.78 is 28.0. The standard InChI is InChI=1S/C15H22N5O11P/c16-13-7-14(18-3-17-13)20(4-19-7)15(12-10(24)8(22)5(21)1-29-12)11(25)9(23)6(31-15)2-30-32(26,27)28/h3-6,8-12,21-25H,1-2H2,(H2,16,17,18)(H2,26,27,28)/t5-,6-,8-,9-,10+,11-,12?,15+/m1/s1. The summed E-state index contributed by atoms with van der Waals surface area (Å²) in [6.07, 6.45) is -9.63. The first kappa shape index (κ1) is 23.3. The van der Waals surface area contributed by atoms with E-state index in [-0.39, 0.29) is 17.0 Å². The molecule has 0 bridgehead atoms. The molecule has 0 saturated carbocycles. The minimum atomic E-state index is -4.96. The van der Waals surface area contributed by atoms with Crippen LogP contribution in [0.5, 0.6) is 0 Å². The van der Waals surface area contributed by atoms with Crippen LogP contribution < -0.4 is 5.73 Å². The van der Waals surface area contributed by atoms with E-state index in [4.69, 9.17) is 25.0 Å². The Bertz CT molecular complexity index is 1030. The second-order valence-electron chi connectivity index (χ2n) is 7.48. The van der Waals surface area contributed by atoms with E-state index in [9.17, 15) is 30.1 Å². The molecule has 0 radical (unpaired) electrons. The summed E-state index contributed by atoms with van der Waals surface area (Å²) in [5.41, 5.74) is 3.64. The van der Waals surface area contributed by atoms with E-state index >= 15 is 0 Å². The predicted molar refractivity (Wildman–Crippen MR) is 100 cm³/mol. The molecule has 32 heavy (non-hydrogen) atoms. The molecule has 1 unspecified atom stereocenters. The zero-order chi connectivity index (χ0) is 23.4. The summed E-state index contributed by atoms with van der Waals surface area (Å²) in [6.45, 7) is -1.31. The number of aromatic nitrogens is 4. The van der Waals surface area contributed by atoms with Gasteiger partial charge in [0.1, 0.15) is 54.6 Å². The smallest absolute Gasteiger partial charge is 0.388 e. The quantitative estimate of drug-likeness (QED) is 0.189. The SMILES string of the molecule is Nc1ncnc2c1ncn2[C@]1(C2OC[C@@H](O)[C@@H](O)[C@@H]2O)O[C@H](COP(=O)(O)O)[C@@H](O)[C@H]1O. The molecule has 2 fully saturated rings. The monoisotopic (exact) mass is 479 g/mol. The Morgan fingerprint density at radius 1 is 1.16 bits per heavy atom. The number of fused-ring (bicyclic) bond motifs is 1. The van der Waals surface area contributed by atoms with Crippen molar-refractivity contribution in [1.29, 1.82) is 0 Å². The van der Waals surface area contributed by atoms with Crippen LogP contribution in [0, 0.1) is 0 Å². The van der Waals surface area contributed by atoms with Crippen LogP contribution in [0.4, 0.5) is 5.82 Å². The molecule has 8 atom stereocenters. The van der Waals surface area contributed by atoms with Crippen LogP contribution in [0.1, 0.15) is 0 Å². The Morgan fingerprint density at radius 2 is 1.88 bits per heavy atom. The molecular weight excluding hydrogens is 457 g/mol. The number of hydrogen-bond donors (Lipinski definition) is 8. The van der Waals surface area contributed by atoms with E-state index in [0.717, 1.165) is 17.2 Å². The number of aliphatic hydroxyl groups is 5. The lowest BCUT2D eigenvalue weighted by atomic mass is 9.87. The summed E-state index contributed by atoms with van der Waals surface area (Å²) >= 11 is 0. The van der Waals surface area contributed by atoms with E-state index in [1.54, 1.807) is 0 Å². The Hall–Kier alpha value is -1.82. The summed E-state index contributed by atoms with van der Waals surface area (Å²) in [7, 11) is -4.96. The van der Waals surface area contributed by atoms with E-state index in [0.29, 0.717) is 0 Å². The molecule has 2 saturated heterocycles. The van der Waals surface area contributed by atoms with Crippen LogP contribution in [0.3, 0.4) is 0 Å². The average molecular weight is 479 g/mol. The fourth-order valence-corrected chi connectivity index (χ4v) is 4.32. The van der Waals surface area contributed by atoms with Crippen LogP contribution in [-0.2, 0) is 24.3 Å². The maximum absolute atomic E-state index is 11.1. The lowest BCUT2D eigenvalue weighted by molar-refractivity contribution is -0.286. The molecule has 0 aliphatic carbocycles. The van der Waals surface area contributed by atoms with Gasteiger partial charge in [-0.1, -0.05) is 0 Å². The Labute approximate surface area is 179 Å². The third-order valence-corrected chi connectivity index (χ3v) is 6.01. The highest BCUT2D eigenvalue weighted by molar-refractivity contribution is 7.46. The van der Waals surface area contributed by atoms with Crippen molar-refractivity contribution in [3.8, 4) is 0 Å². The van der Waals surface area contributed by atoms with Crippen molar-refractivity contribution in [2.75, 3.05) is 18.9 Å². The average Bonchev–Trinajstić information content (AvgIpc) is 3.27. The van der Waals surface area contributed by atoms with Gasteiger partial charge in [-0.05, 0) is 0 Å². The number of phosphoric ester groups is 1. The number of aliphatic hydroxyl groups excluding tert-OH is 5. The number of rotatable bonds is 5. The lowest BCUT2D eigenvalue weighted by Crippen LogP contribution is -2.65. The van der Waals surface area contributed by atoms with Crippen LogP contribution in [0.25, 0.3) is 11.2 Å². The summed E-state index contributed by atoms with van der Waals surface area (Å²) in [5.74, 6) is -0.0288. The van der Waals surface area contributed by atoms with E-state index in [1.165, 1.54) is 0 Å². The van der Waals surface area contributed by atoms with Gasteiger partial charge in [0, 0.05) is 0 Å². The molecular formula is C15H22N5O11P. The van der Waals surface area contributed by atoms with Gasteiger partial charge < -0.3 is 50.5 Å². The minimum absolute atomic E-state index is 0.00304. The van der Waals surface area contributed by atoms with Crippen LogP contribution in [0.2, 0.25) is 0 Å². The Morgan fingerprint density at radius 3 is 2.56 bits per heavy atom. The molecule has 2 aliphatic rings. The van der Waals surface area contributed by atoms with Gasteiger partial charge in [-0.15, -0.1) is 0 Å². The van der Waals surface area contributed by atoms with Crippen molar-refractivity contribution >= 4 is 24.8 Å². The normalized spacial score (nSPS) is 38.4. The summed E-state index contributed by atoms with van der Waals surface area (Å²) in [6, 6.07) is 0. The Kier molecular flexibility index (Phi) is 5.98. The predicted octanol–water partition coefficient (Wildman–Crippen LogP) is -4.23. The molecule has 9 N–H and O–H groups in total. The van der Waals surface area contributed by atoms with Crippen molar-refractivity contribution in [1.82, 2.24) is 19.5 Å². The molecule has 4 rings (SSSR count). The maximum Gasteiger partial charge on any atom is 0.469 e. The molecule has 2 aliphatic heterocycles. The number of hydrogen-bond acceptors (Lipinski definition) is 13. The summed E-state index contributed by atoms with van der Waals surface area (Å²) in [5, 5.41) is 52.3. The number of imidazole rings is 1. The minimum Gasteiger partial charge on any atom is -0.388 e. The lowest BCUT2D eigenvalue weighted by Gasteiger charge is -2.46. The maximum atomic E-state index is 11.1. The first-order chi connectivity index (χ1) is 15.0. The van der Waals surface area contributed by atoms with Gasteiger partial charge in [-0.2, -0.15) is 0 Å². The zero-order valence-corrected chi connectivity index (χ0v) is 17.1. The van der Waals surface area contributed by atoms with Gasteiger partial charge in [0.05, 0.1) is 19.5 Å². The molecule has 2 aromatic rings. The number of nitrogens with two attached hydrogens (primary N) is 1. The number of nitrogens with zero attached hydrogens (tertiary/aromatic N) is 4. The van der Waals surface area contributed by atoms with Gasteiger partial charge in [0.25, 0.3) is 0 Å². The largest absolute Gasteiger partial charge is 0.469 e. The number of nitrogen functional groups attached to an aromatic ring is 1. The van der Waals surface area contributed by atoms with Crippen LogP contribution in [0.15, 0.2) is 12.7 Å². The van der Waals surface area contributed by atoms with Gasteiger partial charge in [-0.3, -0.25) is 9.09 Å².